The Morgan fingerprint density at radius 2 is 2.04 bits per heavy atom. The van der Waals surface area contributed by atoms with Crippen LogP contribution in [0.5, 0.6) is 5.75 Å². The van der Waals surface area contributed by atoms with E-state index in [1.54, 1.807) is 29.2 Å². The minimum atomic E-state index is -0.358. The molecule has 6 heteroatoms. The van der Waals surface area contributed by atoms with Crippen molar-refractivity contribution in [3.8, 4) is 11.8 Å². The number of rotatable bonds is 5. The zero-order valence-corrected chi connectivity index (χ0v) is 13.2. The second kappa shape index (κ2) is 7.63. The highest BCUT2D eigenvalue weighted by molar-refractivity contribution is 5.81. The second-order valence-corrected chi connectivity index (χ2v) is 5.84. The van der Waals surface area contributed by atoms with Gasteiger partial charge in [0, 0.05) is 12.6 Å². The molecule has 2 amide bonds. The number of benzene rings is 1. The van der Waals surface area contributed by atoms with Gasteiger partial charge in [-0.05, 0) is 37.5 Å². The fourth-order valence-electron chi connectivity index (χ4n) is 2.71. The fourth-order valence-corrected chi connectivity index (χ4v) is 2.71. The van der Waals surface area contributed by atoms with Gasteiger partial charge in [-0.3, -0.25) is 9.59 Å². The third-order valence-corrected chi connectivity index (χ3v) is 4.17. The Labute approximate surface area is 135 Å². The van der Waals surface area contributed by atoms with Crippen LogP contribution in [0.2, 0.25) is 0 Å². The zero-order valence-electron chi connectivity index (χ0n) is 13.2. The van der Waals surface area contributed by atoms with Crippen molar-refractivity contribution in [2.45, 2.75) is 32.2 Å². The fraction of sp³-hybridized carbons (Fsp3) is 0.471. The van der Waals surface area contributed by atoms with E-state index in [0.29, 0.717) is 18.7 Å². The molecule has 1 aromatic carbocycles. The summed E-state index contributed by atoms with van der Waals surface area (Å²) in [6, 6.07) is 9.24. The summed E-state index contributed by atoms with van der Waals surface area (Å²) in [5, 5.41) is 8.63. The average molecular weight is 315 g/mol. The number of primary amides is 1. The zero-order chi connectivity index (χ0) is 16.8. The number of ether oxygens (including phenoxy) is 1. The first-order chi connectivity index (χ1) is 11.0. The van der Waals surface area contributed by atoms with E-state index in [1.807, 2.05) is 6.92 Å². The predicted octanol–water partition coefficient (Wildman–Crippen LogP) is 1.24. The minimum Gasteiger partial charge on any atom is -0.484 e. The summed E-state index contributed by atoms with van der Waals surface area (Å²) in [5.74, 6) is -0.204. The molecule has 6 nitrogen and oxygen atoms in total. The topological polar surface area (TPSA) is 96.4 Å². The Balaban J connectivity index is 1.90. The van der Waals surface area contributed by atoms with Crippen LogP contribution >= 0.6 is 0 Å². The molecule has 0 unspecified atom stereocenters. The van der Waals surface area contributed by atoms with Crippen LogP contribution in [0.4, 0.5) is 0 Å². The highest BCUT2D eigenvalue weighted by Gasteiger charge is 2.31. The standard InChI is InChI=1S/C17H21N3O3/c1-12-2-5-14(17(19)22)10-20(12)16(21)11-23-15-6-3-13(4-7-15)8-9-18/h3-4,6-7,12,14H,2,5,8,10-11H2,1H3,(H2,19,22)/t12-,14-/m0/s1. The maximum absolute atomic E-state index is 12.3. The van der Waals surface area contributed by atoms with Crippen molar-refractivity contribution >= 4 is 11.8 Å². The van der Waals surface area contributed by atoms with Crippen LogP contribution in [-0.4, -0.2) is 35.9 Å². The first kappa shape index (κ1) is 16.8. The normalized spacial score (nSPS) is 20.6. The third kappa shape index (κ3) is 4.46. The van der Waals surface area contributed by atoms with Crippen LogP contribution < -0.4 is 10.5 Å². The summed E-state index contributed by atoms with van der Waals surface area (Å²) in [7, 11) is 0. The largest absolute Gasteiger partial charge is 0.484 e. The van der Waals surface area contributed by atoms with Crippen LogP contribution in [0.1, 0.15) is 25.3 Å². The summed E-state index contributed by atoms with van der Waals surface area (Å²) in [5.41, 5.74) is 6.25. The van der Waals surface area contributed by atoms with E-state index >= 15 is 0 Å². The van der Waals surface area contributed by atoms with Crippen molar-refractivity contribution < 1.29 is 14.3 Å². The van der Waals surface area contributed by atoms with E-state index in [0.717, 1.165) is 18.4 Å². The number of hydrogen-bond donors (Lipinski definition) is 1. The van der Waals surface area contributed by atoms with Gasteiger partial charge in [0.25, 0.3) is 5.91 Å². The highest BCUT2D eigenvalue weighted by atomic mass is 16.5. The molecule has 0 aromatic heterocycles. The van der Waals surface area contributed by atoms with Gasteiger partial charge in [-0.25, -0.2) is 0 Å². The highest BCUT2D eigenvalue weighted by Crippen LogP contribution is 2.22. The average Bonchev–Trinajstić information content (AvgIpc) is 2.54. The number of nitrogens with two attached hydrogens (primary N) is 1. The van der Waals surface area contributed by atoms with E-state index in [2.05, 4.69) is 6.07 Å². The Hall–Kier alpha value is -2.55. The van der Waals surface area contributed by atoms with Crippen LogP contribution in [0.25, 0.3) is 0 Å². The van der Waals surface area contributed by atoms with Gasteiger partial charge in [-0.2, -0.15) is 5.26 Å². The Morgan fingerprint density at radius 3 is 2.65 bits per heavy atom. The van der Waals surface area contributed by atoms with Gasteiger partial charge in [0.15, 0.2) is 6.61 Å². The number of nitrogens with zero attached hydrogens (tertiary/aromatic N) is 2. The molecule has 1 aliphatic heterocycles. The first-order valence-corrected chi connectivity index (χ1v) is 7.68. The molecule has 0 spiro atoms. The lowest BCUT2D eigenvalue weighted by Crippen LogP contribution is -2.50. The van der Waals surface area contributed by atoms with Crippen LogP contribution in [0.3, 0.4) is 0 Å². The summed E-state index contributed by atoms with van der Waals surface area (Å²) in [4.78, 5) is 25.3. The lowest BCUT2D eigenvalue weighted by molar-refractivity contribution is -0.139. The number of nitriles is 1. The minimum absolute atomic E-state index is 0.0760. The molecular formula is C17H21N3O3. The van der Waals surface area contributed by atoms with Crippen LogP contribution in [0.15, 0.2) is 24.3 Å². The monoisotopic (exact) mass is 315 g/mol. The molecule has 2 atom stereocenters. The number of piperidine rings is 1. The van der Waals surface area contributed by atoms with Gasteiger partial charge in [-0.15, -0.1) is 0 Å². The molecule has 2 rings (SSSR count). The van der Waals surface area contributed by atoms with E-state index in [4.69, 9.17) is 15.7 Å². The number of amides is 2. The molecule has 0 bridgehead atoms. The summed E-state index contributed by atoms with van der Waals surface area (Å²) < 4.78 is 5.51. The van der Waals surface area contributed by atoms with Crippen molar-refractivity contribution in [3.05, 3.63) is 29.8 Å². The SMILES string of the molecule is C[C@H]1CC[C@H](C(N)=O)CN1C(=O)COc1ccc(CC#N)cc1. The number of carbonyl (C=O) groups excluding carboxylic acids is 2. The summed E-state index contributed by atoms with van der Waals surface area (Å²) >= 11 is 0. The smallest absolute Gasteiger partial charge is 0.260 e. The molecule has 1 saturated heterocycles. The lowest BCUT2D eigenvalue weighted by atomic mass is 9.93. The number of carbonyl (C=O) groups is 2. The quantitative estimate of drug-likeness (QED) is 0.884. The molecule has 2 N–H and O–H groups in total. The second-order valence-electron chi connectivity index (χ2n) is 5.84. The molecule has 122 valence electrons. The van der Waals surface area contributed by atoms with Crippen molar-refractivity contribution in [2.24, 2.45) is 11.7 Å². The van der Waals surface area contributed by atoms with Gasteiger partial charge in [-0.1, -0.05) is 12.1 Å². The predicted molar refractivity (Wildman–Crippen MR) is 84.3 cm³/mol. The summed E-state index contributed by atoms with van der Waals surface area (Å²) in [6.45, 7) is 2.25. The molecule has 1 aromatic rings. The Kier molecular flexibility index (Phi) is 5.58. The summed E-state index contributed by atoms with van der Waals surface area (Å²) in [6.07, 6.45) is 1.84. The van der Waals surface area contributed by atoms with Crippen LogP contribution in [-0.2, 0) is 16.0 Å². The van der Waals surface area contributed by atoms with Crippen molar-refractivity contribution in [1.82, 2.24) is 4.90 Å². The van der Waals surface area contributed by atoms with Gasteiger partial charge in [0.2, 0.25) is 5.91 Å². The van der Waals surface area contributed by atoms with E-state index in [-0.39, 0.29) is 30.4 Å². The van der Waals surface area contributed by atoms with Crippen LogP contribution in [0, 0.1) is 17.2 Å². The Morgan fingerprint density at radius 1 is 1.35 bits per heavy atom. The molecular weight excluding hydrogens is 294 g/mol. The molecule has 1 aliphatic rings. The molecule has 23 heavy (non-hydrogen) atoms. The molecule has 0 radical (unpaired) electrons. The Bertz CT molecular complexity index is 607. The first-order valence-electron chi connectivity index (χ1n) is 7.68. The van der Waals surface area contributed by atoms with Crippen molar-refractivity contribution in [2.75, 3.05) is 13.2 Å². The number of likely N-dealkylation sites (tertiary alicyclic amines) is 1. The number of hydrogen-bond acceptors (Lipinski definition) is 4. The maximum atomic E-state index is 12.3. The molecule has 1 heterocycles. The van der Waals surface area contributed by atoms with E-state index < -0.39 is 0 Å². The van der Waals surface area contributed by atoms with Gasteiger partial charge in [0.05, 0.1) is 18.4 Å². The van der Waals surface area contributed by atoms with Gasteiger partial charge < -0.3 is 15.4 Å². The van der Waals surface area contributed by atoms with Gasteiger partial charge in [0.1, 0.15) is 5.75 Å². The van der Waals surface area contributed by atoms with Crippen molar-refractivity contribution in [3.63, 3.8) is 0 Å². The molecule has 0 aliphatic carbocycles. The van der Waals surface area contributed by atoms with Gasteiger partial charge >= 0.3 is 0 Å². The third-order valence-electron chi connectivity index (χ3n) is 4.17. The lowest BCUT2D eigenvalue weighted by Gasteiger charge is -2.36. The molecule has 1 fully saturated rings. The van der Waals surface area contributed by atoms with E-state index in [1.165, 1.54) is 0 Å². The molecule has 0 saturated carbocycles. The van der Waals surface area contributed by atoms with E-state index in [9.17, 15) is 9.59 Å². The maximum Gasteiger partial charge on any atom is 0.260 e. The van der Waals surface area contributed by atoms with Crippen molar-refractivity contribution in [1.29, 1.82) is 5.26 Å².